The molecule has 6 nitrogen and oxygen atoms in total. The van der Waals surface area contributed by atoms with Crippen LogP contribution in [0.4, 0.5) is 0 Å². The molecule has 0 aliphatic heterocycles. The summed E-state index contributed by atoms with van der Waals surface area (Å²) in [5, 5.41) is 0. The van der Waals surface area contributed by atoms with Gasteiger partial charge in [-0.2, -0.15) is 4.72 Å². The molecule has 7 heteroatoms. The molecule has 0 radical (unpaired) electrons. The summed E-state index contributed by atoms with van der Waals surface area (Å²) in [5.74, 6) is 0.380. The Morgan fingerprint density at radius 2 is 1.86 bits per heavy atom. The van der Waals surface area contributed by atoms with Gasteiger partial charge in [0.2, 0.25) is 10.0 Å². The van der Waals surface area contributed by atoms with Crippen molar-refractivity contribution >= 4 is 16.0 Å². The fourth-order valence-corrected chi connectivity index (χ4v) is 2.40. The quantitative estimate of drug-likeness (QED) is 0.736. The third-order valence-electron chi connectivity index (χ3n) is 2.43. The van der Waals surface area contributed by atoms with E-state index >= 15 is 0 Å². The molecule has 1 aromatic carbocycles. The van der Waals surface area contributed by atoms with Crippen LogP contribution < -0.4 is 9.46 Å². The van der Waals surface area contributed by atoms with E-state index in [1.807, 2.05) is 13.8 Å². The summed E-state index contributed by atoms with van der Waals surface area (Å²) in [7, 11) is -3.73. The van der Waals surface area contributed by atoms with Crippen molar-refractivity contribution in [2.75, 3.05) is 19.8 Å². The summed E-state index contributed by atoms with van der Waals surface area (Å²) >= 11 is 0. The lowest BCUT2D eigenvalue weighted by Gasteiger charge is -2.10. The number of hydrogen-bond acceptors (Lipinski definition) is 5. The van der Waals surface area contributed by atoms with Crippen molar-refractivity contribution in [3.8, 4) is 5.75 Å². The fraction of sp³-hybridized carbons (Fsp3) is 0.500. The van der Waals surface area contributed by atoms with Crippen molar-refractivity contribution in [1.29, 1.82) is 0 Å². The van der Waals surface area contributed by atoms with Crippen LogP contribution in [-0.4, -0.2) is 34.1 Å². The topological polar surface area (TPSA) is 81.7 Å². The molecular weight excluding hydrogens is 294 g/mol. The van der Waals surface area contributed by atoms with Crippen LogP contribution >= 0.6 is 0 Å². The number of esters is 1. The van der Waals surface area contributed by atoms with E-state index in [0.717, 1.165) is 0 Å². The molecule has 0 heterocycles. The zero-order valence-electron chi connectivity index (χ0n) is 12.5. The standard InChI is InChI=1S/C14H21NO5S/c1-4-19-14(16)9-15-21(17,18)13-7-5-12(6-8-13)20-10-11(2)3/h5-8,11,15H,4,9-10H2,1-3H3. The van der Waals surface area contributed by atoms with Crippen molar-refractivity contribution in [3.05, 3.63) is 24.3 Å². The molecule has 0 aliphatic carbocycles. The summed E-state index contributed by atoms with van der Waals surface area (Å²) in [4.78, 5) is 11.2. The molecule has 21 heavy (non-hydrogen) atoms. The zero-order valence-corrected chi connectivity index (χ0v) is 13.3. The molecule has 0 amide bonds. The average Bonchev–Trinajstić information content (AvgIpc) is 2.44. The summed E-state index contributed by atoms with van der Waals surface area (Å²) in [5.41, 5.74) is 0. The van der Waals surface area contributed by atoms with E-state index in [4.69, 9.17) is 4.74 Å². The molecule has 0 fully saturated rings. The predicted molar refractivity (Wildman–Crippen MR) is 78.6 cm³/mol. The van der Waals surface area contributed by atoms with Crippen molar-refractivity contribution < 1.29 is 22.7 Å². The molecular formula is C14H21NO5S. The highest BCUT2D eigenvalue weighted by Crippen LogP contribution is 2.16. The van der Waals surface area contributed by atoms with Crippen molar-refractivity contribution in [3.63, 3.8) is 0 Å². The number of carbonyl (C=O) groups is 1. The Labute approximate surface area is 125 Å². The Morgan fingerprint density at radius 3 is 2.38 bits per heavy atom. The first-order valence-corrected chi connectivity index (χ1v) is 8.21. The van der Waals surface area contributed by atoms with Gasteiger partial charge in [-0.25, -0.2) is 8.42 Å². The van der Waals surface area contributed by atoms with Gasteiger partial charge in [-0.15, -0.1) is 0 Å². The minimum Gasteiger partial charge on any atom is -0.493 e. The second-order valence-electron chi connectivity index (χ2n) is 4.81. The van der Waals surface area contributed by atoms with Gasteiger partial charge in [-0.1, -0.05) is 13.8 Å². The number of ether oxygens (including phenoxy) is 2. The molecule has 0 saturated heterocycles. The first-order valence-electron chi connectivity index (χ1n) is 6.73. The fourth-order valence-electron chi connectivity index (χ4n) is 1.43. The first kappa shape index (κ1) is 17.5. The number of sulfonamides is 1. The molecule has 1 rings (SSSR count). The van der Waals surface area contributed by atoms with Gasteiger partial charge in [0.15, 0.2) is 0 Å². The van der Waals surface area contributed by atoms with E-state index in [1.54, 1.807) is 19.1 Å². The van der Waals surface area contributed by atoms with Crippen molar-refractivity contribution in [2.45, 2.75) is 25.7 Å². The number of benzene rings is 1. The molecule has 118 valence electrons. The summed E-state index contributed by atoms with van der Waals surface area (Å²) in [6, 6.07) is 6.04. The van der Waals surface area contributed by atoms with Crippen molar-refractivity contribution in [2.24, 2.45) is 5.92 Å². The van der Waals surface area contributed by atoms with Gasteiger partial charge in [-0.3, -0.25) is 4.79 Å². The Hall–Kier alpha value is -1.60. The molecule has 0 saturated carbocycles. The third kappa shape index (κ3) is 6.14. The molecule has 0 aliphatic rings. The highest BCUT2D eigenvalue weighted by Gasteiger charge is 2.15. The summed E-state index contributed by atoms with van der Waals surface area (Å²) in [6.07, 6.45) is 0. The second-order valence-corrected chi connectivity index (χ2v) is 6.57. The maximum atomic E-state index is 12.0. The van der Waals surface area contributed by atoms with E-state index in [9.17, 15) is 13.2 Å². The molecule has 0 aromatic heterocycles. The van der Waals surface area contributed by atoms with Crippen LogP contribution in [0.5, 0.6) is 5.75 Å². The average molecular weight is 315 g/mol. The normalized spacial score (nSPS) is 11.4. The number of rotatable bonds is 8. The van der Waals surface area contributed by atoms with Gasteiger partial charge in [0, 0.05) is 0 Å². The van der Waals surface area contributed by atoms with Gasteiger partial charge < -0.3 is 9.47 Å². The Morgan fingerprint density at radius 1 is 1.24 bits per heavy atom. The molecule has 0 spiro atoms. The molecule has 1 N–H and O–H groups in total. The Balaban J connectivity index is 2.64. The molecule has 0 unspecified atom stereocenters. The minimum absolute atomic E-state index is 0.0729. The highest BCUT2D eigenvalue weighted by molar-refractivity contribution is 7.89. The SMILES string of the molecule is CCOC(=O)CNS(=O)(=O)c1ccc(OCC(C)C)cc1. The van der Waals surface area contributed by atoms with Gasteiger partial charge in [-0.05, 0) is 37.1 Å². The number of hydrogen-bond donors (Lipinski definition) is 1. The summed E-state index contributed by atoms with van der Waals surface area (Å²) < 4.78 is 36.2. The van der Waals surface area contributed by atoms with Crippen LogP contribution in [0.25, 0.3) is 0 Å². The Kier molecular flexibility index (Phi) is 6.64. The lowest BCUT2D eigenvalue weighted by Crippen LogP contribution is -2.30. The zero-order chi connectivity index (χ0) is 15.9. The molecule has 0 bridgehead atoms. The highest BCUT2D eigenvalue weighted by atomic mass is 32.2. The van der Waals surface area contributed by atoms with E-state index < -0.39 is 16.0 Å². The Bertz CT molecular complexity index is 551. The van der Waals surface area contributed by atoms with Gasteiger partial charge >= 0.3 is 5.97 Å². The minimum atomic E-state index is -3.73. The van der Waals surface area contributed by atoms with Gasteiger partial charge in [0.25, 0.3) is 0 Å². The number of carbonyl (C=O) groups excluding carboxylic acids is 1. The van der Waals surface area contributed by atoms with Crippen molar-refractivity contribution in [1.82, 2.24) is 4.72 Å². The maximum absolute atomic E-state index is 12.0. The monoisotopic (exact) mass is 315 g/mol. The van der Waals surface area contributed by atoms with Gasteiger partial charge in [0.1, 0.15) is 12.3 Å². The van der Waals surface area contributed by atoms with Crippen LogP contribution in [0.2, 0.25) is 0 Å². The van der Waals surface area contributed by atoms with Gasteiger partial charge in [0.05, 0.1) is 18.1 Å². The van der Waals surface area contributed by atoms with E-state index in [1.165, 1.54) is 12.1 Å². The van der Waals surface area contributed by atoms with Crippen LogP contribution in [0.1, 0.15) is 20.8 Å². The lowest BCUT2D eigenvalue weighted by molar-refractivity contribution is -0.141. The predicted octanol–water partition coefficient (Wildman–Crippen LogP) is 1.56. The summed E-state index contributed by atoms with van der Waals surface area (Å²) in [6.45, 7) is 6.09. The first-order chi connectivity index (χ1) is 9.85. The lowest BCUT2D eigenvalue weighted by atomic mass is 10.2. The van der Waals surface area contributed by atoms with E-state index in [2.05, 4.69) is 9.46 Å². The smallest absolute Gasteiger partial charge is 0.321 e. The molecule has 0 atom stereocenters. The van der Waals surface area contributed by atoms with Crippen LogP contribution in [-0.2, 0) is 19.6 Å². The van der Waals surface area contributed by atoms with Crippen LogP contribution in [0.15, 0.2) is 29.2 Å². The largest absolute Gasteiger partial charge is 0.493 e. The third-order valence-corrected chi connectivity index (χ3v) is 3.85. The van der Waals surface area contributed by atoms with E-state index in [-0.39, 0.29) is 18.0 Å². The second kappa shape index (κ2) is 7.99. The number of nitrogens with one attached hydrogen (secondary N) is 1. The van der Waals surface area contributed by atoms with Crippen LogP contribution in [0, 0.1) is 5.92 Å². The van der Waals surface area contributed by atoms with E-state index in [0.29, 0.717) is 18.3 Å². The maximum Gasteiger partial charge on any atom is 0.321 e. The van der Waals surface area contributed by atoms with Crippen LogP contribution in [0.3, 0.4) is 0 Å². The molecule has 1 aromatic rings.